The number of rotatable bonds is 6. The molecule has 0 aliphatic carbocycles. The molecule has 2 amide bonds. The largest absolute Gasteiger partial charge is 0.331 e. The number of nitrogens with one attached hydrogen (secondary N) is 2. The quantitative estimate of drug-likeness (QED) is 0.801. The smallest absolute Gasteiger partial charge is 0.315 e. The van der Waals surface area contributed by atoms with Crippen LogP contribution in [0.4, 0.5) is 4.79 Å². The molecule has 0 unspecified atom stereocenters. The molecule has 0 saturated heterocycles. The maximum Gasteiger partial charge on any atom is 0.315 e. The second-order valence-corrected chi connectivity index (χ2v) is 6.09. The van der Waals surface area contributed by atoms with E-state index in [-0.39, 0.29) is 18.1 Å². The summed E-state index contributed by atoms with van der Waals surface area (Å²) in [6.07, 6.45) is 1.96. The summed E-state index contributed by atoms with van der Waals surface area (Å²) in [5, 5.41) is 8.11. The van der Waals surface area contributed by atoms with Gasteiger partial charge in [-0.2, -0.15) is 0 Å². The van der Waals surface area contributed by atoms with E-state index in [2.05, 4.69) is 29.7 Å². The zero-order chi connectivity index (χ0) is 15.1. The molecule has 0 bridgehead atoms. The first kappa shape index (κ1) is 15.6. The lowest BCUT2D eigenvalue weighted by molar-refractivity contribution is 0.233. The van der Waals surface area contributed by atoms with E-state index in [1.807, 2.05) is 42.6 Å². The number of carbonyl (C=O) groups excluding carboxylic acids is 1. The standard InChI is InChI=1S/C17H22N2OS/c1-3-8-15(14-9-5-4-6-10-14)19-17(20)18-13(2)16-11-7-12-21-16/h4-7,9-13,15H,3,8H2,1-2H3,(H2,18,19,20)/t13-,15-/m1/s1. The van der Waals surface area contributed by atoms with Gasteiger partial charge in [-0.3, -0.25) is 0 Å². The van der Waals surface area contributed by atoms with E-state index in [9.17, 15) is 4.79 Å². The maximum atomic E-state index is 12.2. The Morgan fingerprint density at radius 3 is 2.52 bits per heavy atom. The number of urea groups is 1. The Hall–Kier alpha value is -1.81. The lowest BCUT2D eigenvalue weighted by Gasteiger charge is -2.21. The van der Waals surface area contributed by atoms with Gasteiger partial charge < -0.3 is 10.6 Å². The fraction of sp³-hybridized carbons (Fsp3) is 0.353. The van der Waals surface area contributed by atoms with Crippen molar-refractivity contribution in [3.05, 3.63) is 58.3 Å². The molecule has 2 N–H and O–H groups in total. The third-order valence-electron chi connectivity index (χ3n) is 3.40. The monoisotopic (exact) mass is 302 g/mol. The SMILES string of the molecule is CCC[C@@H](NC(=O)N[C@H](C)c1cccs1)c1ccccc1. The van der Waals surface area contributed by atoms with Gasteiger partial charge in [-0.25, -0.2) is 4.79 Å². The molecule has 1 heterocycles. The average Bonchev–Trinajstić information content (AvgIpc) is 3.02. The molecule has 0 aliphatic rings. The lowest BCUT2D eigenvalue weighted by atomic mass is 10.0. The van der Waals surface area contributed by atoms with Crippen molar-refractivity contribution in [1.29, 1.82) is 0 Å². The van der Waals surface area contributed by atoms with Gasteiger partial charge >= 0.3 is 6.03 Å². The van der Waals surface area contributed by atoms with Crippen LogP contribution in [0.2, 0.25) is 0 Å². The summed E-state index contributed by atoms with van der Waals surface area (Å²) in [5.74, 6) is 0. The Kier molecular flexibility index (Phi) is 5.81. The number of benzene rings is 1. The van der Waals surface area contributed by atoms with Gasteiger partial charge in [-0.1, -0.05) is 49.7 Å². The van der Waals surface area contributed by atoms with Gasteiger partial charge in [0.1, 0.15) is 0 Å². The molecular weight excluding hydrogens is 280 g/mol. The zero-order valence-corrected chi connectivity index (χ0v) is 13.3. The van der Waals surface area contributed by atoms with Crippen molar-refractivity contribution in [2.24, 2.45) is 0 Å². The van der Waals surface area contributed by atoms with Crippen molar-refractivity contribution in [2.45, 2.75) is 38.8 Å². The van der Waals surface area contributed by atoms with Crippen LogP contribution in [0.25, 0.3) is 0 Å². The highest BCUT2D eigenvalue weighted by Crippen LogP contribution is 2.20. The highest BCUT2D eigenvalue weighted by Gasteiger charge is 2.15. The van der Waals surface area contributed by atoms with Gasteiger partial charge in [0.25, 0.3) is 0 Å². The first-order valence-corrected chi connectivity index (χ1v) is 8.24. The zero-order valence-electron chi connectivity index (χ0n) is 12.5. The van der Waals surface area contributed by atoms with E-state index >= 15 is 0 Å². The van der Waals surface area contributed by atoms with Gasteiger partial charge in [-0.05, 0) is 30.4 Å². The number of amides is 2. The van der Waals surface area contributed by atoms with Gasteiger partial charge in [0.15, 0.2) is 0 Å². The normalized spacial score (nSPS) is 13.4. The summed E-state index contributed by atoms with van der Waals surface area (Å²) in [5.41, 5.74) is 1.15. The van der Waals surface area contributed by atoms with Crippen LogP contribution in [0.15, 0.2) is 47.8 Å². The van der Waals surface area contributed by atoms with E-state index in [4.69, 9.17) is 0 Å². The van der Waals surface area contributed by atoms with Crippen LogP contribution in [0.5, 0.6) is 0 Å². The molecular formula is C17H22N2OS. The van der Waals surface area contributed by atoms with Crippen LogP contribution in [0.3, 0.4) is 0 Å². The van der Waals surface area contributed by atoms with Crippen molar-refractivity contribution < 1.29 is 4.79 Å². The first-order chi connectivity index (χ1) is 10.2. The van der Waals surface area contributed by atoms with Crippen molar-refractivity contribution in [1.82, 2.24) is 10.6 Å². The molecule has 2 aromatic rings. The molecule has 0 aliphatic heterocycles. The van der Waals surface area contributed by atoms with Gasteiger partial charge in [0.2, 0.25) is 0 Å². The Bertz CT molecular complexity index is 539. The van der Waals surface area contributed by atoms with Gasteiger partial charge in [0, 0.05) is 4.88 Å². The fourth-order valence-electron chi connectivity index (χ4n) is 2.30. The highest BCUT2D eigenvalue weighted by atomic mass is 32.1. The topological polar surface area (TPSA) is 41.1 Å². The van der Waals surface area contributed by atoms with Crippen molar-refractivity contribution in [2.75, 3.05) is 0 Å². The average molecular weight is 302 g/mol. The van der Waals surface area contributed by atoms with Crippen LogP contribution < -0.4 is 10.6 Å². The second-order valence-electron chi connectivity index (χ2n) is 5.11. The Morgan fingerprint density at radius 1 is 1.14 bits per heavy atom. The first-order valence-electron chi connectivity index (χ1n) is 7.36. The number of hydrogen-bond acceptors (Lipinski definition) is 2. The van der Waals surface area contributed by atoms with Gasteiger partial charge in [-0.15, -0.1) is 11.3 Å². The van der Waals surface area contributed by atoms with Crippen LogP contribution in [0.1, 0.15) is 49.2 Å². The predicted molar refractivity (Wildman–Crippen MR) is 88.5 cm³/mol. The third kappa shape index (κ3) is 4.60. The molecule has 3 nitrogen and oxygen atoms in total. The molecule has 0 saturated carbocycles. The molecule has 0 radical (unpaired) electrons. The van der Waals surface area contributed by atoms with Crippen LogP contribution in [-0.4, -0.2) is 6.03 Å². The minimum absolute atomic E-state index is 0.0306. The molecule has 1 aromatic carbocycles. The minimum atomic E-state index is -0.113. The molecule has 21 heavy (non-hydrogen) atoms. The van der Waals surface area contributed by atoms with Crippen molar-refractivity contribution in [3.63, 3.8) is 0 Å². The van der Waals surface area contributed by atoms with E-state index in [0.717, 1.165) is 23.3 Å². The third-order valence-corrected chi connectivity index (χ3v) is 4.46. The van der Waals surface area contributed by atoms with Gasteiger partial charge in [0.05, 0.1) is 12.1 Å². The summed E-state index contributed by atoms with van der Waals surface area (Å²) in [4.78, 5) is 13.4. The summed E-state index contributed by atoms with van der Waals surface area (Å²) >= 11 is 1.66. The van der Waals surface area contributed by atoms with Crippen LogP contribution in [-0.2, 0) is 0 Å². The van der Waals surface area contributed by atoms with Crippen molar-refractivity contribution >= 4 is 17.4 Å². The number of thiophene rings is 1. The van der Waals surface area contributed by atoms with Crippen LogP contribution in [0, 0.1) is 0 Å². The van der Waals surface area contributed by atoms with E-state index in [1.165, 1.54) is 0 Å². The molecule has 2 atom stereocenters. The summed E-state index contributed by atoms with van der Waals surface area (Å²) in [6.45, 7) is 4.13. The molecule has 0 spiro atoms. The predicted octanol–water partition coefficient (Wildman–Crippen LogP) is 4.65. The molecule has 112 valence electrons. The van der Waals surface area contributed by atoms with Crippen LogP contribution >= 0.6 is 11.3 Å². The Balaban J connectivity index is 1.95. The Labute approximate surface area is 130 Å². The van der Waals surface area contributed by atoms with E-state index < -0.39 is 0 Å². The maximum absolute atomic E-state index is 12.2. The highest BCUT2D eigenvalue weighted by molar-refractivity contribution is 7.10. The number of hydrogen-bond donors (Lipinski definition) is 2. The molecule has 4 heteroatoms. The summed E-state index contributed by atoms with van der Waals surface area (Å²) < 4.78 is 0. The number of carbonyl (C=O) groups is 1. The van der Waals surface area contributed by atoms with Crippen molar-refractivity contribution in [3.8, 4) is 0 Å². The summed E-state index contributed by atoms with van der Waals surface area (Å²) in [6, 6.07) is 14.1. The summed E-state index contributed by atoms with van der Waals surface area (Å²) in [7, 11) is 0. The molecule has 0 fully saturated rings. The fourth-order valence-corrected chi connectivity index (χ4v) is 3.04. The second kappa shape index (κ2) is 7.84. The lowest BCUT2D eigenvalue weighted by Crippen LogP contribution is -2.39. The Morgan fingerprint density at radius 2 is 1.90 bits per heavy atom. The van der Waals surface area contributed by atoms with E-state index in [1.54, 1.807) is 11.3 Å². The minimum Gasteiger partial charge on any atom is -0.331 e. The molecule has 2 rings (SSSR count). The van der Waals surface area contributed by atoms with E-state index in [0.29, 0.717) is 0 Å². The molecule has 1 aromatic heterocycles.